The molecule has 0 bridgehead atoms. The minimum atomic E-state index is -0.557. The molecule has 0 heterocycles. The third-order valence-electron chi connectivity index (χ3n) is 6.75. The van der Waals surface area contributed by atoms with Crippen LogP contribution < -0.4 is 5.32 Å². The number of rotatable bonds is 11. The summed E-state index contributed by atoms with van der Waals surface area (Å²) in [5, 5.41) is 3.27. The largest absolute Gasteiger partial charge is 0.352 e. The second-order valence-corrected chi connectivity index (χ2v) is 10.7. The molecule has 1 atom stereocenters. The lowest BCUT2D eigenvalue weighted by Crippen LogP contribution is -2.52. The van der Waals surface area contributed by atoms with E-state index in [0.29, 0.717) is 18.7 Å². The van der Waals surface area contributed by atoms with E-state index in [1.807, 2.05) is 65.6 Å². The lowest BCUT2D eigenvalue weighted by Gasteiger charge is -2.32. The van der Waals surface area contributed by atoms with Gasteiger partial charge in [0.25, 0.3) is 0 Å². The number of benzene rings is 3. The van der Waals surface area contributed by atoms with Crippen LogP contribution in [0.25, 0.3) is 0 Å². The van der Waals surface area contributed by atoms with Crippen molar-refractivity contribution in [1.82, 2.24) is 10.2 Å². The molecule has 0 aromatic heterocycles. The van der Waals surface area contributed by atoms with Crippen molar-refractivity contribution in [2.45, 2.75) is 63.4 Å². The van der Waals surface area contributed by atoms with Gasteiger partial charge in [0.05, 0.1) is 5.75 Å². The molecular formula is C31H36N2O2S. The average Bonchev–Trinajstić information content (AvgIpc) is 3.40. The number of aryl methyl sites for hydroxylation is 1. The molecule has 4 nitrogen and oxygen atoms in total. The second-order valence-electron chi connectivity index (χ2n) is 9.68. The molecule has 0 spiro atoms. The van der Waals surface area contributed by atoms with Gasteiger partial charge in [0.1, 0.15) is 6.04 Å². The average molecular weight is 501 g/mol. The maximum absolute atomic E-state index is 13.7. The molecule has 1 fully saturated rings. The quantitative estimate of drug-likeness (QED) is 0.355. The number of thioether (sulfide) groups is 1. The Balaban J connectivity index is 1.56. The van der Waals surface area contributed by atoms with E-state index in [0.717, 1.165) is 48.1 Å². The van der Waals surface area contributed by atoms with E-state index in [-0.39, 0.29) is 17.9 Å². The van der Waals surface area contributed by atoms with E-state index in [4.69, 9.17) is 0 Å². The number of nitrogens with zero attached hydrogens (tertiary/aromatic N) is 1. The molecule has 2 amide bonds. The fourth-order valence-corrected chi connectivity index (χ4v) is 5.71. The van der Waals surface area contributed by atoms with Gasteiger partial charge in [-0.15, -0.1) is 11.8 Å². The third kappa shape index (κ3) is 7.72. The van der Waals surface area contributed by atoms with Gasteiger partial charge in [-0.1, -0.05) is 103 Å². The van der Waals surface area contributed by atoms with Crippen LogP contribution in [-0.2, 0) is 28.3 Å². The van der Waals surface area contributed by atoms with Gasteiger partial charge in [0, 0.05) is 24.8 Å². The fourth-order valence-electron chi connectivity index (χ4n) is 4.84. The fraction of sp³-hybridized carbons (Fsp3) is 0.355. The van der Waals surface area contributed by atoms with Crippen molar-refractivity contribution in [3.05, 3.63) is 107 Å². The Morgan fingerprint density at radius 1 is 0.889 bits per heavy atom. The van der Waals surface area contributed by atoms with E-state index in [9.17, 15) is 9.59 Å². The van der Waals surface area contributed by atoms with Crippen LogP contribution >= 0.6 is 11.8 Å². The number of amides is 2. The molecule has 0 unspecified atom stereocenters. The van der Waals surface area contributed by atoms with Gasteiger partial charge in [-0.05, 0) is 36.5 Å². The molecular weight excluding hydrogens is 464 g/mol. The highest BCUT2D eigenvalue weighted by Gasteiger charge is 2.32. The number of hydrogen-bond donors (Lipinski definition) is 1. The van der Waals surface area contributed by atoms with Crippen molar-refractivity contribution < 1.29 is 9.59 Å². The van der Waals surface area contributed by atoms with Crippen LogP contribution in [0.4, 0.5) is 0 Å². The molecule has 0 aliphatic heterocycles. The smallest absolute Gasteiger partial charge is 0.243 e. The summed E-state index contributed by atoms with van der Waals surface area (Å²) in [5.74, 6) is 1.06. The van der Waals surface area contributed by atoms with Crippen LogP contribution in [0, 0.1) is 6.92 Å². The topological polar surface area (TPSA) is 49.4 Å². The zero-order chi connectivity index (χ0) is 25.2. The van der Waals surface area contributed by atoms with Crippen LogP contribution in [0.3, 0.4) is 0 Å². The number of carbonyl (C=O) groups excluding carboxylic acids is 2. The van der Waals surface area contributed by atoms with Crippen molar-refractivity contribution in [2.75, 3.05) is 5.75 Å². The summed E-state index contributed by atoms with van der Waals surface area (Å²) < 4.78 is 0. The van der Waals surface area contributed by atoms with Crippen molar-refractivity contribution in [2.24, 2.45) is 0 Å². The van der Waals surface area contributed by atoms with Crippen molar-refractivity contribution in [3.8, 4) is 0 Å². The zero-order valence-corrected chi connectivity index (χ0v) is 21.9. The summed E-state index contributed by atoms with van der Waals surface area (Å²) in [6.07, 6.45) is 4.83. The predicted octanol–water partition coefficient (Wildman–Crippen LogP) is 5.93. The minimum absolute atomic E-state index is 0.0000553. The molecule has 1 aliphatic carbocycles. The summed E-state index contributed by atoms with van der Waals surface area (Å²) >= 11 is 1.60. The molecule has 3 aromatic rings. The van der Waals surface area contributed by atoms with E-state index in [1.54, 1.807) is 11.8 Å². The van der Waals surface area contributed by atoms with Crippen molar-refractivity contribution >= 4 is 23.6 Å². The number of nitrogens with one attached hydrogen (secondary N) is 1. The molecule has 188 valence electrons. The van der Waals surface area contributed by atoms with Crippen LogP contribution in [0.1, 0.15) is 47.9 Å². The Hall–Kier alpha value is -3.05. The van der Waals surface area contributed by atoms with Gasteiger partial charge in [-0.2, -0.15) is 0 Å². The molecule has 0 saturated heterocycles. The summed E-state index contributed by atoms with van der Waals surface area (Å²) in [6, 6.07) is 28.1. The highest BCUT2D eigenvalue weighted by Crippen LogP contribution is 2.21. The maximum atomic E-state index is 13.7. The zero-order valence-electron chi connectivity index (χ0n) is 21.1. The van der Waals surface area contributed by atoms with E-state index in [2.05, 4.69) is 36.5 Å². The summed E-state index contributed by atoms with van der Waals surface area (Å²) in [4.78, 5) is 29.2. The molecule has 1 aliphatic rings. The first-order valence-corrected chi connectivity index (χ1v) is 14.0. The molecule has 1 N–H and O–H groups in total. The predicted molar refractivity (Wildman–Crippen MR) is 149 cm³/mol. The van der Waals surface area contributed by atoms with Gasteiger partial charge < -0.3 is 10.2 Å². The van der Waals surface area contributed by atoms with Gasteiger partial charge >= 0.3 is 0 Å². The highest BCUT2D eigenvalue weighted by atomic mass is 32.2. The summed E-state index contributed by atoms with van der Waals surface area (Å²) in [7, 11) is 0. The number of hydrogen-bond acceptors (Lipinski definition) is 3. The van der Waals surface area contributed by atoms with Gasteiger partial charge in [0.15, 0.2) is 0 Å². The lowest BCUT2D eigenvalue weighted by atomic mass is 10.0. The van der Waals surface area contributed by atoms with E-state index < -0.39 is 6.04 Å². The lowest BCUT2D eigenvalue weighted by molar-refractivity contribution is -0.139. The van der Waals surface area contributed by atoms with Crippen LogP contribution in [-0.4, -0.2) is 34.6 Å². The second kappa shape index (κ2) is 13.3. The normalized spacial score (nSPS) is 14.4. The summed E-state index contributed by atoms with van der Waals surface area (Å²) in [6.45, 7) is 2.47. The molecule has 36 heavy (non-hydrogen) atoms. The SMILES string of the molecule is Cc1cccc(CN(C(=O)CSCc2ccccc2)[C@@H](Cc2ccccc2)C(=O)NC2CCCC2)c1. The molecule has 3 aromatic carbocycles. The Labute approximate surface area is 219 Å². The molecule has 4 rings (SSSR count). The number of carbonyl (C=O) groups is 2. The summed E-state index contributed by atoms with van der Waals surface area (Å²) in [5.41, 5.74) is 4.44. The standard InChI is InChI=1S/C31H36N2O2S/c1-24-11-10-16-27(19-24)21-33(30(34)23-36-22-26-14-6-3-7-15-26)29(20-25-12-4-2-5-13-25)31(35)32-28-17-8-9-18-28/h2-7,10-16,19,28-29H,8-9,17-18,20-23H2,1H3,(H,32,35)/t29-/m0/s1. The van der Waals surface area contributed by atoms with E-state index in [1.165, 1.54) is 5.56 Å². The van der Waals surface area contributed by atoms with Crippen molar-refractivity contribution in [3.63, 3.8) is 0 Å². The Morgan fingerprint density at radius 2 is 1.53 bits per heavy atom. The maximum Gasteiger partial charge on any atom is 0.243 e. The molecule has 1 saturated carbocycles. The first kappa shape index (κ1) is 26.0. The van der Waals surface area contributed by atoms with Crippen molar-refractivity contribution in [1.29, 1.82) is 0 Å². The minimum Gasteiger partial charge on any atom is -0.352 e. The van der Waals surface area contributed by atoms with Gasteiger partial charge in [-0.25, -0.2) is 0 Å². The highest BCUT2D eigenvalue weighted by molar-refractivity contribution is 7.99. The van der Waals surface area contributed by atoms with Gasteiger partial charge in [-0.3, -0.25) is 9.59 Å². The Kier molecular flexibility index (Phi) is 9.62. The first-order valence-electron chi connectivity index (χ1n) is 12.9. The van der Waals surface area contributed by atoms with Crippen LogP contribution in [0.15, 0.2) is 84.9 Å². The third-order valence-corrected chi connectivity index (χ3v) is 7.73. The van der Waals surface area contributed by atoms with Gasteiger partial charge in [0.2, 0.25) is 11.8 Å². The van der Waals surface area contributed by atoms with Crippen LogP contribution in [0.5, 0.6) is 0 Å². The molecule has 5 heteroatoms. The Bertz CT molecular complexity index is 1110. The Morgan fingerprint density at radius 3 is 2.19 bits per heavy atom. The molecule has 0 radical (unpaired) electrons. The monoisotopic (exact) mass is 500 g/mol. The van der Waals surface area contributed by atoms with E-state index >= 15 is 0 Å². The first-order chi connectivity index (χ1) is 17.6. The van der Waals surface area contributed by atoms with Crippen LogP contribution in [0.2, 0.25) is 0 Å².